The van der Waals surface area contributed by atoms with Gasteiger partial charge in [-0.25, -0.2) is 4.98 Å². The van der Waals surface area contributed by atoms with Gasteiger partial charge in [0, 0.05) is 55.8 Å². The summed E-state index contributed by atoms with van der Waals surface area (Å²) < 4.78 is 12.9. The lowest BCUT2D eigenvalue weighted by Crippen LogP contribution is -2.58. The maximum atomic E-state index is 13.4. The zero-order valence-corrected chi connectivity index (χ0v) is 28.6. The monoisotopic (exact) mass is 701 g/mol. The van der Waals surface area contributed by atoms with Gasteiger partial charge in [0.25, 0.3) is 5.91 Å². The smallest absolute Gasteiger partial charge is 0.305 e. The number of fused-ring (bicyclic) bond motifs is 1. The molecule has 256 valence electrons. The molecule has 11 nitrogen and oxygen atoms in total. The number of aromatic nitrogens is 2. The van der Waals surface area contributed by atoms with E-state index in [1.807, 2.05) is 64.9 Å². The molecule has 13 heteroatoms. The van der Waals surface area contributed by atoms with E-state index >= 15 is 0 Å². The average molecular weight is 702 g/mol. The largest absolute Gasteiger partial charge is 0.506 e. The molecule has 3 aromatic carbocycles. The SMILES string of the molecule is O=C(c1csc(-c2ccccc2)n1)N1CCOC2(CCN(CCOc3ccc(CNCC(O)c4ccc(O)c5[nH]c(=O)sc45)cc3)CC2)C1. The molecule has 1 spiro atoms. The zero-order chi connectivity index (χ0) is 33.8. The van der Waals surface area contributed by atoms with Crippen LogP contribution < -0.4 is 14.9 Å². The number of hydrogen-bond acceptors (Lipinski definition) is 11. The molecule has 49 heavy (non-hydrogen) atoms. The predicted octanol–water partition coefficient (Wildman–Crippen LogP) is 4.63. The molecule has 0 bridgehead atoms. The quantitative estimate of drug-likeness (QED) is 0.155. The summed E-state index contributed by atoms with van der Waals surface area (Å²) in [6.45, 7) is 5.70. The molecule has 2 aliphatic heterocycles. The minimum absolute atomic E-state index is 0.00919. The van der Waals surface area contributed by atoms with Crippen LogP contribution in [0.5, 0.6) is 11.5 Å². The Balaban J connectivity index is 0.828. The third kappa shape index (κ3) is 7.72. The Kier molecular flexibility index (Phi) is 10.1. The third-order valence-electron chi connectivity index (χ3n) is 9.26. The molecule has 4 heterocycles. The van der Waals surface area contributed by atoms with E-state index in [2.05, 4.69) is 20.2 Å². The molecule has 2 aliphatic rings. The number of aliphatic hydroxyl groups is 1. The molecular weight excluding hydrogens is 663 g/mol. The van der Waals surface area contributed by atoms with Crippen molar-refractivity contribution in [2.75, 3.05) is 52.5 Å². The first-order valence-corrected chi connectivity index (χ1v) is 18.2. The minimum Gasteiger partial charge on any atom is -0.506 e. The molecule has 1 atom stereocenters. The summed E-state index contributed by atoms with van der Waals surface area (Å²) in [6, 6.07) is 21.0. The fourth-order valence-corrected chi connectivity index (χ4v) is 8.23. The third-order valence-corrected chi connectivity index (χ3v) is 11.1. The summed E-state index contributed by atoms with van der Waals surface area (Å²) in [7, 11) is 0. The number of phenols is 1. The number of nitrogens with one attached hydrogen (secondary N) is 2. The van der Waals surface area contributed by atoms with Gasteiger partial charge in [-0.2, -0.15) is 0 Å². The normalized spacial score (nSPS) is 17.0. The first kappa shape index (κ1) is 33.4. The lowest BCUT2D eigenvalue weighted by molar-refractivity contribution is -0.127. The fourth-order valence-electron chi connectivity index (χ4n) is 6.51. The molecule has 0 radical (unpaired) electrons. The first-order valence-electron chi connectivity index (χ1n) is 16.5. The van der Waals surface area contributed by atoms with Gasteiger partial charge in [-0.15, -0.1) is 11.3 Å². The van der Waals surface area contributed by atoms with E-state index in [1.54, 1.807) is 6.07 Å². The second kappa shape index (κ2) is 14.8. The van der Waals surface area contributed by atoms with Gasteiger partial charge in [-0.3, -0.25) is 14.5 Å². The number of morpholine rings is 1. The number of piperidine rings is 1. The molecule has 0 saturated carbocycles. The lowest BCUT2D eigenvalue weighted by atomic mass is 9.89. The van der Waals surface area contributed by atoms with Crippen LogP contribution in [-0.2, 0) is 11.3 Å². The number of phenolic OH excluding ortho intramolecular Hbond substituents is 1. The minimum atomic E-state index is -0.829. The number of aliphatic hydroxyl groups excluding tert-OH is 1. The predicted molar refractivity (Wildman–Crippen MR) is 191 cm³/mol. The number of aromatic hydroxyl groups is 1. The number of carbonyl (C=O) groups is 1. The Labute approximate surface area is 291 Å². The summed E-state index contributed by atoms with van der Waals surface area (Å²) in [5, 5.41) is 26.7. The van der Waals surface area contributed by atoms with Crippen molar-refractivity contribution >= 4 is 38.8 Å². The number of carbonyl (C=O) groups excluding carboxylic acids is 1. The Hall–Kier alpha value is -4.11. The Morgan fingerprint density at radius 3 is 2.67 bits per heavy atom. The summed E-state index contributed by atoms with van der Waals surface area (Å²) >= 11 is 2.48. The number of ether oxygens (including phenoxy) is 2. The molecule has 7 rings (SSSR count). The van der Waals surface area contributed by atoms with Crippen molar-refractivity contribution in [3.8, 4) is 22.1 Å². The van der Waals surface area contributed by atoms with Crippen LogP contribution in [0.3, 0.4) is 0 Å². The number of benzene rings is 3. The van der Waals surface area contributed by atoms with E-state index in [-0.39, 0.29) is 22.1 Å². The van der Waals surface area contributed by atoms with Crippen LogP contribution in [0.4, 0.5) is 0 Å². The van der Waals surface area contributed by atoms with Crippen molar-refractivity contribution in [1.82, 2.24) is 25.1 Å². The molecule has 0 aliphatic carbocycles. The fraction of sp³-hybridized carbons (Fsp3) is 0.361. The van der Waals surface area contributed by atoms with Crippen LogP contribution in [0, 0.1) is 0 Å². The summed E-state index contributed by atoms with van der Waals surface area (Å²) in [6.07, 6.45) is 0.899. The van der Waals surface area contributed by atoms with Crippen molar-refractivity contribution in [1.29, 1.82) is 0 Å². The van der Waals surface area contributed by atoms with E-state index in [9.17, 15) is 19.8 Å². The number of amides is 1. The van der Waals surface area contributed by atoms with E-state index < -0.39 is 6.10 Å². The van der Waals surface area contributed by atoms with Gasteiger partial charge >= 0.3 is 4.87 Å². The van der Waals surface area contributed by atoms with Crippen molar-refractivity contribution in [2.24, 2.45) is 0 Å². The number of H-pyrrole nitrogens is 1. The average Bonchev–Trinajstić information content (AvgIpc) is 3.78. The van der Waals surface area contributed by atoms with Gasteiger partial charge in [-0.05, 0) is 36.6 Å². The highest BCUT2D eigenvalue weighted by atomic mass is 32.1. The maximum absolute atomic E-state index is 13.4. The van der Waals surface area contributed by atoms with Gasteiger partial charge < -0.3 is 34.9 Å². The van der Waals surface area contributed by atoms with E-state index in [0.717, 1.165) is 65.7 Å². The number of likely N-dealkylation sites (tertiary alicyclic amines) is 1. The molecular formula is C36H39N5O6S2. The molecule has 4 N–H and O–H groups in total. The van der Waals surface area contributed by atoms with E-state index in [1.165, 1.54) is 17.4 Å². The second-order valence-corrected chi connectivity index (χ2v) is 14.4. The van der Waals surface area contributed by atoms with Gasteiger partial charge in [0.2, 0.25) is 0 Å². The highest BCUT2D eigenvalue weighted by molar-refractivity contribution is 7.16. The zero-order valence-electron chi connectivity index (χ0n) is 27.0. The number of aromatic amines is 1. The van der Waals surface area contributed by atoms with Gasteiger partial charge in [0.15, 0.2) is 0 Å². The standard InChI is InChI=1S/C36H39N5O6S2/c42-29-11-10-27(32-31(29)39-35(45)49-32)30(43)21-37-20-24-6-8-26(9-7-24)46-18-16-40-14-12-36(13-15-40)23-41(17-19-47-36)34(44)28-22-48-33(38-28)25-4-2-1-3-5-25/h1-11,22,30,37,42-43H,12-21,23H2,(H,39,45). The molecule has 1 amide bonds. The Bertz CT molecular complexity index is 1930. The van der Waals surface area contributed by atoms with Gasteiger partial charge in [0.1, 0.15) is 34.3 Å². The first-order chi connectivity index (χ1) is 23.9. The highest BCUT2D eigenvalue weighted by Crippen LogP contribution is 2.33. The number of thiazole rings is 2. The second-order valence-electron chi connectivity index (χ2n) is 12.5. The molecule has 5 aromatic rings. The van der Waals surface area contributed by atoms with Crippen molar-refractivity contribution in [3.63, 3.8) is 0 Å². The number of hydrogen-bond donors (Lipinski definition) is 4. The van der Waals surface area contributed by atoms with Crippen molar-refractivity contribution in [3.05, 3.63) is 98.6 Å². The van der Waals surface area contributed by atoms with Crippen LogP contribution in [0.1, 0.15) is 40.6 Å². The number of nitrogens with zero attached hydrogens (tertiary/aromatic N) is 3. The summed E-state index contributed by atoms with van der Waals surface area (Å²) in [4.78, 5) is 36.4. The number of rotatable bonds is 11. The van der Waals surface area contributed by atoms with E-state index in [0.29, 0.717) is 60.9 Å². The van der Waals surface area contributed by atoms with Gasteiger partial charge in [-0.1, -0.05) is 59.9 Å². The molecule has 2 aromatic heterocycles. The summed E-state index contributed by atoms with van der Waals surface area (Å²) in [5.74, 6) is 0.766. The van der Waals surface area contributed by atoms with E-state index in [4.69, 9.17) is 9.47 Å². The Morgan fingerprint density at radius 2 is 1.88 bits per heavy atom. The van der Waals surface area contributed by atoms with Crippen LogP contribution in [-0.4, -0.2) is 94.0 Å². The molecule has 1 unspecified atom stereocenters. The van der Waals surface area contributed by atoms with Crippen LogP contribution in [0.25, 0.3) is 20.8 Å². The Morgan fingerprint density at radius 1 is 1.08 bits per heavy atom. The van der Waals surface area contributed by atoms with Crippen LogP contribution in [0.2, 0.25) is 0 Å². The van der Waals surface area contributed by atoms with Gasteiger partial charge in [0.05, 0.1) is 29.6 Å². The highest BCUT2D eigenvalue weighted by Gasteiger charge is 2.41. The summed E-state index contributed by atoms with van der Waals surface area (Å²) in [5.41, 5.74) is 3.22. The van der Waals surface area contributed by atoms with Crippen molar-refractivity contribution < 1.29 is 24.5 Å². The van der Waals surface area contributed by atoms with Crippen LogP contribution in [0.15, 0.2) is 76.9 Å². The topological polar surface area (TPSA) is 140 Å². The van der Waals surface area contributed by atoms with Crippen LogP contribution >= 0.6 is 22.7 Å². The maximum Gasteiger partial charge on any atom is 0.305 e. The molecule has 2 fully saturated rings. The molecule has 2 saturated heterocycles. The van der Waals surface area contributed by atoms with Crippen molar-refractivity contribution in [2.45, 2.75) is 31.1 Å². The lowest BCUT2D eigenvalue weighted by Gasteiger charge is -2.47.